The number of thiophene rings is 1. The van der Waals surface area contributed by atoms with Gasteiger partial charge in [-0.15, -0.1) is 11.3 Å². The molecule has 9 nitrogen and oxygen atoms in total. The number of rotatable bonds is 12. The molecule has 0 atom stereocenters. The van der Waals surface area contributed by atoms with Crippen LogP contribution in [-0.4, -0.2) is 44.3 Å². The Morgan fingerprint density at radius 3 is 2.52 bits per heavy atom. The van der Waals surface area contributed by atoms with Crippen molar-refractivity contribution < 1.29 is 28.2 Å². The van der Waals surface area contributed by atoms with Gasteiger partial charge in [0.25, 0.3) is 0 Å². The quantitative estimate of drug-likeness (QED) is 0.137. The number of fused-ring (bicyclic) bond motifs is 1. The number of amides is 3. The van der Waals surface area contributed by atoms with Gasteiger partial charge in [-0.3, -0.25) is 15.1 Å². The van der Waals surface area contributed by atoms with E-state index in [2.05, 4.69) is 45.2 Å². The molecule has 0 saturated carbocycles. The summed E-state index contributed by atoms with van der Waals surface area (Å²) in [5.74, 6) is -0.224. The van der Waals surface area contributed by atoms with Gasteiger partial charge in [0.15, 0.2) is 11.6 Å². The van der Waals surface area contributed by atoms with E-state index in [0.717, 1.165) is 39.8 Å². The van der Waals surface area contributed by atoms with Crippen LogP contribution in [0.5, 0.6) is 17.2 Å². The molecule has 2 aromatic heterocycles. The summed E-state index contributed by atoms with van der Waals surface area (Å²) < 4.78 is 32.1. The fraction of sp³-hybridized carbons (Fsp3) is 0.182. The van der Waals surface area contributed by atoms with Crippen molar-refractivity contribution in [2.45, 2.75) is 13.0 Å². The van der Waals surface area contributed by atoms with Gasteiger partial charge in [0.2, 0.25) is 5.91 Å². The van der Waals surface area contributed by atoms with Crippen molar-refractivity contribution in [1.82, 2.24) is 15.6 Å². The maximum Gasteiger partial charge on any atom is 0.325 e. The smallest absolute Gasteiger partial charge is 0.325 e. The van der Waals surface area contributed by atoms with Crippen LogP contribution in [0.4, 0.5) is 14.9 Å². The van der Waals surface area contributed by atoms with E-state index in [4.69, 9.17) is 14.2 Å². The molecule has 0 unspecified atom stereocenters. The van der Waals surface area contributed by atoms with E-state index >= 15 is 4.39 Å². The number of hydrogen-bond donors (Lipinski definition) is 3. The van der Waals surface area contributed by atoms with E-state index in [1.165, 1.54) is 36.1 Å². The second kappa shape index (κ2) is 14.6. The van der Waals surface area contributed by atoms with Crippen molar-refractivity contribution in [2.24, 2.45) is 0 Å². The molecule has 5 aromatic rings. The van der Waals surface area contributed by atoms with Gasteiger partial charge in [-0.25, -0.2) is 9.18 Å². The van der Waals surface area contributed by atoms with Gasteiger partial charge in [-0.2, -0.15) is 0 Å². The van der Waals surface area contributed by atoms with Gasteiger partial charge < -0.3 is 24.8 Å². The normalized spacial score (nSPS) is 10.9. The number of carbonyl (C=O) groups excluding carboxylic acids is 2. The molecule has 0 aliphatic carbocycles. The van der Waals surface area contributed by atoms with Gasteiger partial charge in [-0.1, -0.05) is 42.5 Å². The van der Waals surface area contributed by atoms with E-state index in [1.54, 1.807) is 43.6 Å². The zero-order valence-electron chi connectivity index (χ0n) is 24.2. The number of nitrogens with one attached hydrogen (secondary N) is 3. The zero-order valence-corrected chi connectivity index (χ0v) is 25.0. The number of nitrogens with zero attached hydrogens (tertiary/aromatic N) is 1. The van der Waals surface area contributed by atoms with Gasteiger partial charge in [0.05, 0.1) is 30.4 Å². The number of benzene rings is 3. The highest BCUT2D eigenvalue weighted by atomic mass is 32.1. The first-order chi connectivity index (χ1) is 21.4. The molecule has 0 aliphatic rings. The third kappa shape index (κ3) is 7.75. The van der Waals surface area contributed by atoms with Crippen LogP contribution in [0.3, 0.4) is 0 Å². The highest BCUT2D eigenvalue weighted by Gasteiger charge is 2.15. The second-order valence-corrected chi connectivity index (χ2v) is 10.8. The highest BCUT2D eigenvalue weighted by molar-refractivity contribution is 7.22. The summed E-state index contributed by atoms with van der Waals surface area (Å²) in [6.07, 6.45) is 1.56. The van der Waals surface area contributed by atoms with Gasteiger partial charge in [0, 0.05) is 54.7 Å². The van der Waals surface area contributed by atoms with E-state index in [9.17, 15) is 9.59 Å². The maximum absolute atomic E-state index is 15.1. The van der Waals surface area contributed by atoms with Crippen molar-refractivity contribution in [2.75, 3.05) is 32.7 Å². The Bertz CT molecular complexity index is 1760. The Kier molecular flexibility index (Phi) is 10.1. The summed E-state index contributed by atoms with van der Waals surface area (Å²) in [6.45, 7) is 2.20. The molecule has 44 heavy (non-hydrogen) atoms. The summed E-state index contributed by atoms with van der Waals surface area (Å²) in [5.41, 5.74) is 3.74. The molecule has 3 N–H and O–H groups in total. The lowest BCUT2D eigenvalue weighted by molar-refractivity contribution is -0.119. The molecular weight excluding hydrogens is 583 g/mol. The van der Waals surface area contributed by atoms with Crippen LogP contribution < -0.4 is 25.4 Å². The summed E-state index contributed by atoms with van der Waals surface area (Å²) in [6, 6.07) is 22.2. The number of methoxy groups -OCH3 is 2. The predicted molar refractivity (Wildman–Crippen MR) is 169 cm³/mol. The van der Waals surface area contributed by atoms with Crippen molar-refractivity contribution in [3.63, 3.8) is 0 Å². The molecular formula is C33H31FN4O5S. The molecule has 3 aromatic carbocycles. The van der Waals surface area contributed by atoms with Crippen LogP contribution in [0, 0.1) is 5.82 Å². The summed E-state index contributed by atoms with van der Waals surface area (Å²) in [7, 11) is 3.18. The predicted octanol–water partition coefficient (Wildman–Crippen LogP) is 6.53. The van der Waals surface area contributed by atoms with Crippen LogP contribution in [0.25, 0.3) is 20.7 Å². The van der Waals surface area contributed by atoms with Crippen molar-refractivity contribution in [3.05, 3.63) is 102 Å². The van der Waals surface area contributed by atoms with Crippen LogP contribution in [-0.2, 0) is 22.5 Å². The molecule has 5 rings (SSSR count). The molecule has 2 heterocycles. The van der Waals surface area contributed by atoms with Crippen LogP contribution in [0.2, 0.25) is 0 Å². The Labute approximate surface area is 258 Å². The molecule has 3 amide bonds. The maximum atomic E-state index is 15.1. The third-order valence-corrected chi connectivity index (χ3v) is 7.82. The SMILES string of the molecule is COCCNCc1ccc(-c2cc3nccc(Oc4ccc(NC(=O)NC(=O)Cc5ccccc5OC)cc4F)c3s2)cc1. The number of aromatic nitrogens is 1. The molecule has 0 radical (unpaired) electrons. The topological polar surface area (TPSA) is 111 Å². The highest BCUT2D eigenvalue weighted by Crippen LogP contribution is 2.39. The minimum atomic E-state index is -0.782. The third-order valence-electron chi connectivity index (χ3n) is 6.63. The molecule has 0 aliphatic heterocycles. The first-order valence-electron chi connectivity index (χ1n) is 13.8. The van der Waals surface area contributed by atoms with Crippen LogP contribution in [0.1, 0.15) is 11.1 Å². The number of para-hydroxylation sites is 1. The Balaban J connectivity index is 1.22. The molecule has 0 saturated heterocycles. The zero-order chi connectivity index (χ0) is 30.9. The fourth-order valence-corrected chi connectivity index (χ4v) is 5.54. The lowest BCUT2D eigenvalue weighted by Crippen LogP contribution is -2.35. The minimum absolute atomic E-state index is 0.0176. The lowest BCUT2D eigenvalue weighted by atomic mass is 10.1. The first-order valence-corrected chi connectivity index (χ1v) is 14.6. The van der Waals surface area contributed by atoms with Crippen molar-refractivity contribution >= 4 is 39.2 Å². The number of halogens is 1. The van der Waals surface area contributed by atoms with E-state index < -0.39 is 17.8 Å². The molecule has 0 bridgehead atoms. The molecule has 0 fully saturated rings. The first kappa shape index (κ1) is 30.6. The Morgan fingerprint density at radius 1 is 0.932 bits per heavy atom. The monoisotopic (exact) mass is 614 g/mol. The number of hydrogen-bond acceptors (Lipinski definition) is 8. The summed E-state index contributed by atoms with van der Waals surface area (Å²) in [5, 5.41) is 8.05. The minimum Gasteiger partial charge on any atom is -0.496 e. The van der Waals surface area contributed by atoms with Gasteiger partial charge in [0.1, 0.15) is 11.5 Å². The van der Waals surface area contributed by atoms with E-state index in [1.807, 2.05) is 6.07 Å². The van der Waals surface area contributed by atoms with E-state index in [0.29, 0.717) is 23.7 Å². The number of pyridine rings is 1. The fourth-order valence-electron chi connectivity index (χ4n) is 4.47. The standard InChI is InChI=1S/C33H31FN4O5S/c1-41-16-15-35-20-21-7-9-22(10-8-21)30-19-26-32(44-30)29(13-14-36-26)43-28-12-11-24(18-25(28)34)37-33(40)38-31(39)17-23-5-3-4-6-27(23)42-2/h3-14,18-19,35H,15-17,20H2,1-2H3,(H2,37,38,39,40). The number of carbonyl (C=O) groups is 2. The Hall–Kier alpha value is -4.84. The van der Waals surface area contributed by atoms with Gasteiger partial charge >= 0.3 is 6.03 Å². The molecule has 226 valence electrons. The largest absolute Gasteiger partial charge is 0.496 e. The number of ether oxygens (including phenoxy) is 3. The van der Waals surface area contributed by atoms with Crippen LogP contribution >= 0.6 is 11.3 Å². The van der Waals surface area contributed by atoms with Gasteiger partial charge in [-0.05, 0) is 35.4 Å². The number of anilines is 1. The van der Waals surface area contributed by atoms with E-state index in [-0.39, 0.29) is 17.9 Å². The Morgan fingerprint density at radius 2 is 1.75 bits per heavy atom. The van der Waals surface area contributed by atoms with Crippen molar-refractivity contribution in [1.29, 1.82) is 0 Å². The number of urea groups is 1. The second-order valence-electron chi connectivity index (χ2n) is 9.74. The summed E-state index contributed by atoms with van der Waals surface area (Å²) >= 11 is 1.51. The average molecular weight is 615 g/mol. The van der Waals surface area contributed by atoms with Crippen LogP contribution in [0.15, 0.2) is 85.1 Å². The average Bonchev–Trinajstić information content (AvgIpc) is 3.46. The lowest BCUT2D eigenvalue weighted by Gasteiger charge is -2.11. The molecule has 0 spiro atoms. The number of imide groups is 1. The molecule has 11 heteroatoms. The van der Waals surface area contributed by atoms with Crippen molar-refractivity contribution in [3.8, 4) is 27.7 Å². The summed E-state index contributed by atoms with van der Waals surface area (Å²) in [4.78, 5) is 30.2.